The first-order chi connectivity index (χ1) is 6.26. The molecule has 0 aromatic carbocycles. The lowest BCUT2D eigenvalue weighted by molar-refractivity contribution is 0.456. The van der Waals surface area contributed by atoms with Crippen LogP contribution in [0.5, 0.6) is 0 Å². The summed E-state index contributed by atoms with van der Waals surface area (Å²) in [4.78, 5) is 0. The molecular weight excluding hydrogens is 160 g/mol. The van der Waals surface area contributed by atoms with Crippen LogP contribution in [-0.4, -0.2) is 13.1 Å². The van der Waals surface area contributed by atoms with Gasteiger partial charge in [-0.25, -0.2) is 0 Å². The molecule has 2 aliphatic rings. The van der Waals surface area contributed by atoms with Crippen LogP contribution in [0.1, 0.15) is 32.6 Å². The first-order valence-electron chi connectivity index (χ1n) is 5.33. The fourth-order valence-electron chi connectivity index (χ4n) is 1.97. The normalized spacial score (nSPS) is 33.8. The summed E-state index contributed by atoms with van der Waals surface area (Å²) in [6.07, 6.45) is 4.67. The molecule has 0 aromatic rings. The van der Waals surface area contributed by atoms with Gasteiger partial charge in [0.25, 0.3) is 0 Å². The lowest BCUT2D eigenvalue weighted by Crippen LogP contribution is -2.26. The number of hydrogen-bond donors (Lipinski definition) is 1. The standard InChI is InChI=1S/C11H18N2/c1-9-6-10(9)7-13-8-11(2-3-11)4-5-12/h9-10,13H,2-4,6-8H2,1H3. The van der Waals surface area contributed by atoms with Crippen molar-refractivity contribution in [2.24, 2.45) is 17.3 Å². The second-order valence-corrected chi connectivity index (χ2v) is 4.94. The van der Waals surface area contributed by atoms with Crippen LogP contribution in [0.4, 0.5) is 0 Å². The van der Waals surface area contributed by atoms with E-state index in [1.54, 1.807) is 0 Å². The third kappa shape index (κ3) is 2.22. The number of nitriles is 1. The van der Waals surface area contributed by atoms with Gasteiger partial charge in [0.15, 0.2) is 0 Å². The molecule has 0 radical (unpaired) electrons. The predicted octanol–water partition coefficient (Wildman–Crippen LogP) is 1.93. The topological polar surface area (TPSA) is 35.8 Å². The Kier molecular flexibility index (Phi) is 2.29. The highest BCUT2D eigenvalue weighted by atomic mass is 14.9. The fraction of sp³-hybridized carbons (Fsp3) is 0.909. The van der Waals surface area contributed by atoms with E-state index in [0.29, 0.717) is 5.41 Å². The Morgan fingerprint density at radius 1 is 1.54 bits per heavy atom. The van der Waals surface area contributed by atoms with E-state index in [4.69, 9.17) is 5.26 Å². The predicted molar refractivity (Wildman–Crippen MR) is 52.0 cm³/mol. The summed E-state index contributed by atoms with van der Waals surface area (Å²) in [7, 11) is 0. The van der Waals surface area contributed by atoms with Gasteiger partial charge in [-0.15, -0.1) is 0 Å². The molecule has 0 heterocycles. The Balaban J connectivity index is 1.60. The molecule has 0 amide bonds. The highest BCUT2D eigenvalue weighted by Gasteiger charge is 2.42. The molecule has 0 aromatic heterocycles. The second-order valence-electron chi connectivity index (χ2n) is 4.94. The SMILES string of the molecule is CC1CC1CNCC1(CC#N)CC1. The molecule has 2 heteroatoms. The van der Waals surface area contributed by atoms with E-state index in [2.05, 4.69) is 18.3 Å². The summed E-state index contributed by atoms with van der Waals surface area (Å²) in [5.74, 6) is 1.87. The zero-order valence-corrected chi connectivity index (χ0v) is 8.34. The highest BCUT2D eigenvalue weighted by molar-refractivity contribution is 5.01. The summed E-state index contributed by atoms with van der Waals surface area (Å²) in [6.45, 7) is 4.56. The largest absolute Gasteiger partial charge is 0.316 e. The van der Waals surface area contributed by atoms with Crippen molar-refractivity contribution < 1.29 is 0 Å². The van der Waals surface area contributed by atoms with Crippen molar-refractivity contribution in [3.05, 3.63) is 0 Å². The van der Waals surface area contributed by atoms with E-state index in [1.165, 1.54) is 25.8 Å². The molecule has 2 rings (SSSR count). The van der Waals surface area contributed by atoms with Crippen LogP contribution in [0, 0.1) is 28.6 Å². The molecule has 0 spiro atoms. The van der Waals surface area contributed by atoms with Crippen molar-refractivity contribution in [3.8, 4) is 6.07 Å². The van der Waals surface area contributed by atoms with E-state index in [9.17, 15) is 0 Å². The van der Waals surface area contributed by atoms with Crippen LogP contribution >= 0.6 is 0 Å². The van der Waals surface area contributed by atoms with Gasteiger partial charge >= 0.3 is 0 Å². The van der Waals surface area contributed by atoms with Crippen molar-refractivity contribution in [2.75, 3.05) is 13.1 Å². The lowest BCUT2D eigenvalue weighted by atomic mass is 10.0. The van der Waals surface area contributed by atoms with Gasteiger partial charge in [0.2, 0.25) is 0 Å². The van der Waals surface area contributed by atoms with Crippen molar-refractivity contribution in [1.29, 1.82) is 5.26 Å². The van der Waals surface area contributed by atoms with Gasteiger partial charge in [-0.1, -0.05) is 6.92 Å². The minimum Gasteiger partial charge on any atom is -0.316 e. The van der Waals surface area contributed by atoms with Crippen molar-refractivity contribution >= 4 is 0 Å². The zero-order valence-electron chi connectivity index (χ0n) is 8.34. The van der Waals surface area contributed by atoms with E-state index in [1.807, 2.05) is 0 Å². The number of hydrogen-bond acceptors (Lipinski definition) is 2. The van der Waals surface area contributed by atoms with Gasteiger partial charge in [-0.3, -0.25) is 0 Å². The first-order valence-corrected chi connectivity index (χ1v) is 5.33. The zero-order chi connectivity index (χ0) is 9.31. The smallest absolute Gasteiger partial charge is 0.0628 e. The minimum absolute atomic E-state index is 0.382. The van der Waals surface area contributed by atoms with Gasteiger partial charge in [0.05, 0.1) is 6.07 Å². The summed E-state index contributed by atoms with van der Waals surface area (Å²) >= 11 is 0. The third-order valence-electron chi connectivity index (χ3n) is 3.59. The molecule has 13 heavy (non-hydrogen) atoms. The molecule has 2 unspecified atom stereocenters. The highest BCUT2D eigenvalue weighted by Crippen LogP contribution is 2.48. The fourth-order valence-corrected chi connectivity index (χ4v) is 1.97. The monoisotopic (exact) mass is 178 g/mol. The maximum atomic E-state index is 8.63. The molecule has 2 saturated carbocycles. The van der Waals surface area contributed by atoms with Gasteiger partial charge < -0.3 is 5.32 Å². The number of rotatable bonds is 5. The van der Waals surface area contributed by atoms with Crippen LogP contribution in [0.2, 0.25) is 0 Å². The average Bonchev–Trinajstić information content (AvgIpc) is 2.96. The maximum absolute atomic E-state index is 8.63. The van der Waals surface area contributed by atoms with Crippen molar-refractivity contribution in [2.45, 2.75) is 32.6 Å². The van der Waals surface area contributed by atoms with Crippen LogP contribution in [-0.2, 0) is 0 Å². The molecule has 2 fully saturated rings. The van der Waals surface area contributed by atoms with Gasteiger partial charge in [0.1, 0.15) is 0 Å². The van der Waals surface area contributed by atoms with Crippen LogP contribution in [0.25, 0.3) is 0 Å². The number of nitrogens with zero attached hydrogens (tertiary/aromatic N) is 1. The Morgan fingerprint density at radius 3 is 2.69 bits per heavy atom. The van der Waals surface area contributed by atoms with Gasteiger partial charge in [-0.05, 0) is 43.1 Å². The van der Waals surface area contributed by atoms with E-state index < -0.39 is 0 Å². The average molecular weight is 178 g/mol. The Hall–Kier alpha value is -0.550. The summed E-state index contributed by atoms with van der Waals surface area (Å²) in [6, 6.07) is 2.29. The molecule has 0 saturated heterocycles. The number of nitrogens with one attached hydrogen (secondary N) is 1. The van der Waals surface area contributed by atoms with E-state index >= 15 is 0 Å². The molecule has 72 valence electrons. The van der Waals surface area contributed by atoms with Crippen LogP contribution in [0.3, 0.4) is 0 Å². The van der Waals surface area contributed by atoms with E-state index in [-0.39, 0.29) is 0 Å². The second kappa shape index (κ2) is 3.31. The van der Waals surface area contributed by atoms with Crippen molar-refractivity contribution in [1.82, 2.24) is 5.32 Å². The summed E-state index contributed by atoms with van der Waals surface area (Å²) < 4.78 is 0. The van der Waals surface area contributed by atoms with Crippen LogP contribution < -0.4 is 5.32 Å². The quantitative estimate of drug-likeness (QED) is 0.698. The summed E-state index contributed by atoms with van der Waals surface area (Å²) in [5.41, 5.74) is 0.382. The Labute approximate surface area is 80.3 Å². The molecule has 1 N–H and O–H groups in total. The molecule has 2 atom stereocenters. The Bertz CT molecular complexity index is 225. The maximum Gasteiger partial charge on any atom is 0.0628 e. The molecule has 0 aliphatic heterocycles. The molecule has 2 aliphatic carbocycles. The van der Waals surface area contributed by atoms with Crippen molar-refractivity contribution in [3.63, 3.8) is 0 Å². The van der Waals surface area contributed by atoms with E-state index in [0.717, 1.165) is 24.8 Å². The first kappa shape index (κ1) is 9.02. The minimum atomic E-state index is 0.382. The summed E-state index contributed by atoms with van der Waals surface area (Å²) in [5, 5.41) is 12.1. The molecule has 0 bridgehead atoms. The molecular formula is C11H18N2. The van der Waals surface area contributed by atoms with Crippen LogP contribution in [0.15, 0.2) is 0 Å². The lowest BCUT2D eigenvalue weighted by Gasteiger charge is -2.11. The molecule has 2 nitrogen and oxygen atoms in total. The van der Waals surface area contributed by atoms with Gasteiger partial charge in [0, 0.05) is 13.0 Å². The Morgan fingerprint density at radius 2 is 2.23 bits per heavy atom. The van der Waals surface area contributed by atoms with Gasteiger partial charge in [-0.2, -0.15) is 5.26 Å². The third-order valence-corrected chi connectivity index (χ3v) is 3.59.